The first-order valence-corrected chi connectivity index (χ1v) is 5.47. The third-order valence-corrected chi connectivity index (χ3v) is 2.56. The fourth-order valence-electron chi connectivity index (χ4n) is 1.64. The summed E-state index contributed by atoms with van der Waals surface area (Å²) in [6.07, 6.45) is 0. The number of hydrogen-bond acceptors (Lipinski definition) is 1. The van der Waals surface area contributed by atoms with Crippen LogP contribution in [0.25, 0.3) is 11.3 Å². The Morgan fingerprint density at radius 1 is 1.06 bits per heavy atom. The van der Waals surface area contributed by atoms with E-state index in [2.05, 4.69) is 4.98 Å². The number of carbonyl (C=O) groups is 1. The molecule has 0 amide bonds. The van der Waals surface area contributed by atoms with Crippen molar-refractivity contribution in [2.75, 3.05) is 0 Å². The van der Waals surface area contributed by atoms with Gasteiger partial charge in [-0.2, -0.15) is 0 Å². The van der Waals surface area contributed by atoms with Gasteiger partial charge in [0.05, 0.1) is 5.69 Å². The summed E-state index contributed by atoms with van der Waals surface area (Å²) in [5.74, 6) is 0.185. The second kappa shape index (κ2) is 4.35. The van der Waals surface area contributed by atoms with Crippen LogP contribution >= 0.6 is 0 Å². The van der Waals surface area contributed by atoms with Gasteiger partial charge in [-0.15, -0.1) is 0 Å². The van der Waals surface area contributed by atoms with Crippen LogP contribution in [0.1, 0.15) is 24.3 Å². The molecule has 0 saturated carbocycles. The van der Waals surface area contributed by atoms with Gasteiger partial charge in [0.15, 0.2) is 5.78 Å². The van der Waals surface area contributed by atoms with Gasteiger partial charge in [-0.3, -0.25) is 4.79 Å². The minimum Gasteiger partial charge on any atom is -0.352 e. The lowest BCUT2D eigenvalue weighted by Gasteiger charge is -2.01. The van der Waals surface area contributed by atoms with E-state index in [0.29, 0.717) is 5.69 Å². The Kier molecular flexibility index (Phi) is 2.91. The minimum absolute atomic E-state index is 0.0299. The molecule has 0 atom stereocenters. The van der Waals surface area contributed by atoms with Crippen molar-refractivity contribution in [3.63, 3.8) is 0 Å². The Morgan fingerprint density at radius 2 is 1.75 bits per heavy atom. The molecule has 2 nitrogen and oxygen atoms in total. The maximum absolute atomic E-state index is 11.8. The van der Waals surface area contributed by atoms with Crippen LogP contribution in [0, 0.1) is 5.92 Å². The number of aromatic amines is 1. The van der Waals surface area contributed by atoms with E-state index in [1.807, 2.05) is 56.3 Å². The topological polar surface area (TPSA) is 32.9 Å². The van der Waals surface area contributed by atoms with Crippen LogP contribution in [0.5, 0.6) is 0 Å². The molecule has 0 aliphatic carbocycles. The Hall–Kier alpha value is -1.83. The third kappa shape index (κ3) is 2.06. The minimum atomic E-state index is 0.0299. The van der Waals surface area contributed by atoms with E-state index in [9.17, 15) is 4.79 Å². The molecule has 2 heteroatoms. The maximum Gasteiger partial charge on any atom is 0.181 e. The fraction of sp³-hybridized carbons (Fsp3) is 0.214. The van der Waals surface area contributed by atoms with Gasteiger partial charge < -0.3 is 4.98 Å². The molecule has 82 valence electrons. The largest absolute Gasteiger partial charge is 0.352 e. The number of aromatic nitrogens is 1. The van der Waals surface area contributed by atoms with Gasteiger partial charge in [-0.05, 0) is 17.7 Å². The lowest BCUT2D eigenvalue weighted by atomic mass is 10.1. The van der Waals surface area contributed by atoms with Crippen molar-refractivity contribution in [1.82, 2.24) is 4.98 Å². The molecule has 2 rings (SSSR count). The van der Waals surface area contributed by atoms with Crippen molar-refractivity contribution in [3.05, 3.63) is 48.2 Å². The molecule has 0 fully saturated rings. The molecular weight excluding hydrogens is 198 g/mol. The highest BCUT2D eigenvalue weighted by atomic mass is 16.1. The van der Waals surface area contributed by atoms with Gasteiger partial charge in [-0.25, -0.2) is 0 Å². The summed E-state index contributed by atoms with van der Waals surface area (Å²) >= 11 is 0. The van der Waals surface area contributed by atoms with Crippen LogP contribution in [-0.4, -0.2) is 10.8 Å². The molecule has 1 aromatic carbocycles. The normalized spacial score (nSPS) is 10.7. The zero-order valence-corrected chi connectivity index (χ0v) is 9.53. The molecule has 2 aromatic rings. The Balaban J connectivity index is 2.30. The Labute approximate surface area is 95.3 Å². The molecule has 16 heavy (non-hydrogen) atoms. The van der Waals surface area contributed by atoms with Crippen LogP contribution in [-0.2, 0) is 0 Å². The molecule has 0 aliphatic heterocycles. The van der Waals surface area contributed by atoms with E-state index >= 15 is 0 Å². The van der Waals surface area contributed by atoms with E-state index in [0.717, 1.165) is 11.3 Å². The van der Waals surface area contributed by atoms with Crippen LogP contribution < -0.4 is 0 Å². The van der Waals surface area contributed by atoms with E-state index in [-0.39, 0.29) is 11.7 Å². The summed E-state index contributed by atoms with van der Waals surface area (Å²) < 4.78 is 0. The highest BCUT2D eigenvalue weighted by Crippen LogP contribution is 2.19. The first-order chi connectivity index (χ1) is 7.68. The van der Waals surface area contributed by atoms with Gasteiger partial charge >= 0.3 is 0 Å². The average Bonchev–Trinajstić information content (AvgIpc) is 2.78. The van der Waals surface area contributed by atoms with Gasteiger partial charge in [0.2, 0.25) is 0 Å². The number of nitrogens with one attached hydrogen (secondary N) is 1. The lowest BCUT2D eigenvalue weighted by molar-refractivity contribution is 0.0935. The number of rotatable bonds is 3. The number of ketones is 1. The van der Waals surface area contributed by atoms with E-state index in [1.54, 1.807) is 0 Å². The third-order valence-electron chi connectivity index (χ3n) is 2.56. The molecule has 0 saturated heterocycles. The molecular formula is C14H15NO. The zero-order valence-electron chi connectivity index (χ0n) is 9.53. The second-order valence-electron chi connectivity index (χ2n) is 4.17. The van der Waals surface area contributed by atoms with Crippen molar-refractivity contribution in [2.45, 2.75) is 13.8 Å². The molecule has 0 radical (unpaired) electrons. The summed E-state index contributed by atoms with van der Waals surface area (Å²) in [5.41, 5.74) is 2.78. The molecule has 0 unspecified atom stereocenters. The Bertz CT molecular complexity index is 482. The lowest BCUT2D eigenvalue weighted by Crippen LogP contribution is -2.07. The van der Waals surface area contributed by atoms with Crippen molar-refractivity contribution >= 4 is 5.78 Å². The van der Waals surface area contributed by atoms with E-state index in [1.165, 1.54) is 0 Å². The van der Waals surface area contributed by atoms with Crippen LogP contribution in [0.4, 0.5) is 0 Å². The standard InChI is InChI=1S/C14H15NO/c1-10(2)14(16)13-9-8-12(15-13)11-6-4-3-5-7-11/h3-10,15H,1-2H3. The SMILES string of the molecule is CC(C)C(=O)c1ccc(-c2ccccc2)[nH]1. The average molecular weight is 213 g/mol. The van der Waals surface area contributed by atoms with Crippen molar-refractivity contribution in [1.29, 1.82) is 0 Å². The number of Topliss-reactive ketones (excluding diaryl/α,β-unsaturated/α-hetero) is 1. The highest BCUT2D eigenvalue weighted by Gasteiger charge is 2.12. The van der Waals surface area contributed by atoms with Crippen LogP contribution in [0.15, 0.2) is 42.5 Å². The summed E-state index contributed by atoms with van der Waals surface area (Å²) in [6, 6.07) is 13.8. The van der Waals surface area contributed by atoms with Crippen molar-refractivity contribution < 1.29 is 4.79 Å². The highest BCUT2D eigenvalue weighted by molar-refractivity contribution is 5.96. The summed E-state index contributed by atoms with van der Waals surface area (Å²) in [6.45, 7) is 3.82. The predicted octanol–water partition coefficient (Wildman–Crippen LogP) is 3.52. The summed E-state index contributed by atoms with van der Waals surface area (Å²) in [4.78, 5) is 14.9. The van der Waals surface area contributed by atoms with Gasteiger partial charge in [0.25, 0.3) is 0 Å². The first kappa shape index (κ1) is 10.7. The number of carbonyl (C=O) groups excluding carboxylic acids is 1. The van der Waals surface area contributed by atoms with Gasteiger partial charge in [0, 0.05) is 11.6 Å². The monoisotopic (exact) mass is 213 g/mol. The first-order valence-electron chi connectivity index (χ1n) is 5.47. The number of hydrogen-bond donors (Lipinski definition) is 1. The van der Waals surface area contributed by atoms with Gasteiger partial charge in [0.1, 0.15) is 0 Å². The predicted molar refractivity (Wildman–Crippen MR) is 65.4 cm³/mol. The van der Waals surface area contributed by atoms with Crippen LogP contribution in [0.3, 0.4) is 0 Å². The molecule has 1 heterocycles. The van der Waals surface area contributed by atoms with E-state index in [4.69, 9.17) is 0 Å². The fourth-order valence-corrected chi connectivity index (χ4v) is 1.64. The molecule has 0 bridgehead atoms. The smallest absolute Gasteiger partial charge is 0.181 e. The molecule has 1 N–H and O–H groups in total. The maximum atomic E-state index is 11.8. The van der Waals surface area contributed by atoms with Crippen molar-refractivity contribution in [2.24, 2.45) is 5.92 Å². The van der Waals surface area contributed by atoms with E-state index < -0.39 is 0 Å². The number of H-pyrrole nitrogens is 1. The zero-order chi connectivity index (χ0) is 11.5. The van der Waals surface area contributed by atoms with Crippen molar-refractivity contribution in [3.8, 4) is 11.3 Å². The summed E-state index contributed by atoms with van der Waals surface area (Å²) in [7, 11) is 0. The second-order valence-corrected chi connectivity index (χ2v) is 4.17. The molecule has 0 aliphatic rings. The number of benzene rings is 1. The summed E-state index contributed by atoms with van der Waals surface area (Å²) in [5, 5.41) is 0. The quantitative estimate of drug-likeness (QED) is 0.777. The molecule has 1 aromatic heterocycles. The van der Waals surface area contributed by atoms with Gasteiger partial charge in [-0.1, -0.05) is 44.2 Å². The molecule has 0 spiro atoms. The van der Waals surface area contributed by atoms with Crippen LogP contribution in [0.2, 0.25) is 0 Å². The Morgan fingerprint density at radius 3 is 2.38 bits per heavy atom.